The Hall–Kier alpha value is -1.96. The van der Waals surface area contributed by atoms with E-state index in [2.05, 4.69) is 6.58 Å². The molecule has 1 aliphatic rings. The number of carbonyl (C=O) groups excluding carboxylic acids is 1. The Morgan fingerprint density at radius 3 is 2.42 bits per heavy atom. The Balaban J connectivity index is 2.66. The summed E-state index contributed by atoms with van der Waals surface area (Å²) >= 11 is 0. The van der Waals surface area contributed by atoms with E-state index in [1.807, 2.05) is 0 Å². The van der Waals surface area contributed by atoms with Crippen LogP contribution < -0.4 is 5.73 Å². The predicted molar refractivity (Wildman–Crippen MR) is 76.9 cm³/mol. The summed E-state index contributed by atoms with van der Waals surface area (Å²) in [4.78, 5) is 11.6. The normalized spacial score (nSPS) is 30.4. The molecule has 0 radical (unpaired) electrons. The van der Waals surface area contributed by atoms with E-state index in [1.165, 1.54) is 6.92 Å². The standard InChI is InChI=1S/C16H16F5NO2/c1-4-8-9(5-6-10(17)12(8)18)11-7(2)15(3,16(19,20)21)24-13(11)14(22)23/h4-7,11,13H,1H2,2-3H3,(H2,22,23). The van der Waals surface area contributed by atoms with Gasteiger partial charge < -0.3 is 10.5 Å². The quantitative estimate of drug-likeness (QED) is 0.849. The highest BCUT2D eigenvalue weighted by atomic mass is 19.4. The van der Waals surface area contributed by atoms with E-state index < -0.39 is 47.3 Å². The van der Waals surface area contributed by atoms with Gasteiger partial charge in [0.15, 0.2) is 17.2 Å². The van der Waals surface area contributed by atoms with Gasteiger partial charge in [-0.3, -0.25) is 4.79 Å². The van der Waals surface area contributed by atoms with Crippen molar-refractivity contribution in [3.63, 3.8) is 0 Å². The minimum atomic E-state index is -4.78. The summed E-state index contributed by atoms with van der Waals surface area (Å²) in [6.07, 6.45) is -5.42. The molecule has 0 aromatic heterocycles. The van der Waals surface area contributed by atoms with Crippen molar-refractivity contribution >= 4 is 12.0 Å². The number of hydrogen-bond donors (Lipinski definition) is 1. The predicted octanol–water partition coefficient (Wildman–Crippen LogP) is 3.53. The molecule has 1 aromatic carbocycles. The zero-order valence-electron chi connectivity index (χ0n) is 13.0. The lowest BCUT2D eigenvalue weighted by atomic mass is 9.76. The first-order chi connectivity index (χ1) is 11.0. The molecule has 1 aliphatic heterocycles. The third-order valence-corrected chi connectivity index (χ3v) is 4.68. The number of benzene rings is 1. The first-order valence-electron chi connectivity index (χ1n) is 7.10. The van der Waals surface area contributed by atoms with Crippen molar-refractivity contribution in [1.29, 1.82) is 0 Å². The van der Waals surface area contributed by atoms with Crippen molar-refractivity contribution in [2.24, 2.45) is 11.7 Å². The molecule has 0 saturated carbocycles. The van der Waals surface area contributed by atoms with Gasteiger partial charge in [0.25, 0.3) is 0 Å². The van der Waals surface area contributed by atoms with Gasteiger partial charge in [0.2, 0.25) is 5.91 Å². The zero-order chi connectivity index (χ0) is 18.4. The van der Waals surface area contributed by atoms with Crippen LogP contribution in [-0.2, 0) is 9.53 Å². The first kappa shape index (κ1) is 18.4. The molecule has 132 valence electrons. The summed E-state index contributed by atoms with van der Waals surface area (Å²) in [5.74, 6) is -6.00. The second kappa shape index (κ2) is 5.84. The molecule has 3 nitrogen and oxygen atoms in total. The smallest absolute Gasteiger partial charge is 0.367 e. The number of primary amides is 1. The fourth-order valence-electron chi connectivity index (χ4n) is 3.12. The monoisotopic (exact) mass is 349 g/mol. The van der Waals surface area contributed by atoms with E-state index in [0.717, 1.165) is 25.1 Å². The maximum atomic E-state index is 14.0. The first-order valence-corrected chi connectivity index (χ1v) is 7.10. The number of nitrogens with two attached hydrogens (primary N) is 1. The number of alkyl halides is 3. The second-order valence-corrected chi connectivity index (χ2v) is 5.93. The molecule has 1 heterocycles. The molecule has 1 fully saturated rings. The summed E-state index contributed by atoms with van der Waals surface area (Å²) in [6.45, 7) is 5.40. The van der Waals surface area contributed by atoms with Crippen molar-refractivity contribution in [2.75, 3.05) is 0 Å². The third-order valence-electron chi connectivity index (χ3n) is 4.68. The highest BCUT2D eigenvalue weighted by molar-refractivity contribution is 5.81. The molecule has 2 N–H and O–H groups in total. The number of amides is 1. The molecule has 24 heavy (non-hydrogen) atoms. The number of rotatable bonds is 3. The van der Waals surface area contributed by atoms with E-state index in [0.29, 0.717) is 0 Å². The average molecular weight is 349 g/mol. The summed E-state index contributed by atoms with van der Waals surface area (Å²) in [7, 11) is 0. The number of carbonyl (C=O) groups is 1. The highest BCUT2D eigenvalue weighted by Gasteiger charge is 2.65. The fraction of sp³-hybridized carbons (Fsp3) is 0.438. The minimum absolute atomic E-state index is 0.00632. The molecule has 1 aromatic rings. The van der Waals surface area contributed by atoms with Gasteiger partial charge in [0.1, 0.15) is 6.10 Å². The van der Waals surface area contributed by atoms with E-state index in [4.69, 9.17) is 10.5 Å². The van der Waals surface area contributed by atoms with Gasteiger partial charge in [-0.15, -0.1) is 0 Å². The maximum absolute atomic E-state index is 14.0. The lowest BCUT2D eigenvalue weighted by Gasteiger charge is -2.32. The van der Waals surface area contributed by atoms with Crippen LogP contribution >= 0.6 is 0 Å². The van der Waals surface area contributed by atoms with Crippen LogP contribution in [0.25, 0.3) is 6.08 Å². The topological polar surface area (TPSA) is 52.3 Å². The van der Waals surface area contributed by atoms with Gasteiger partial charge in [0.05, 0.1) is 0 Å². The number of ether oxygens (including phenoxy) is 1. The summed E-state index contributed by atoms with van der Waals surface area (Å²) in [5, 5.41) is 0. The summed E-state index contributed by atoms with van der Waals surface area (Å²) in [6, 6.07) is 1.91. The molecule has 0 bridgehead atoms. The van der Waals surface area contributed by atoms with Crippen LogP contribution in [0.4, 0.5) is 22.0 Å². The summed E-state index contributed by atoms with van der Waals surface area (Å²) < 4.78 is 72.6. The molecular weight excluding hydrogens is 333 g/mol. The van der Waals surface area contributed by atoms with Crippen molar-refractivity contribution in [3.8, 4) is 0 Å². The van der Waals surface area contributed by atoms with Crippen LogP contribution in [0.2, 0.25) is 0 Å². The fourth-order valence-corrected chi connectivity index (χ4v) is 3.12. The largest absolute Gasteiger partial charge is 0.417 e. The van der Waals surface area contributed by atoms with E-state index in [9.17, 15) is 26.7 Å². The molecule has 4 atom stereocenters. The number of halogens is 5. The second-order valence-electron chi connectivity index (χ2n) is 5.93. The SMILES string of the molecule is C=Cc1c(C2C(C(N)=O)OC(C)(C(F)(F)F)C2C)ccc(F)c1F. The zero-order valence-corrected chi connectivity index (χ0v) is 13.0. The van der Waals surface area contributed by atoms with Gasteiger partial charge in [-0.25, -0.2) is 8.78 Å². The van der Waals surface area contributed by atoms with Crippen LogP contribution in [0, 0.1) is 17.6 Å². The van der Waals surface area contributed by atoms with Crippen LogP contribution in [0.5, 0.6) is 0 Å². The van der Waals surface area contributed by atoms with Gasteiger partial charge in [-0.1, -0.05) is 25.6 Å². The van der Waals surface area contributed by atoms with Crippen LogP contribution in [0.1, 0.15) is 30.9 Å². The molecule has 8 heteroatoms. The Morgan fingerprint density at radius 2 is 1.96 bits per heavy atom. The summed E-state index contributed by atoms with van der Waals surface area (Å²) in [5.41, 5.74) is 2.22. The van der Waals surface area contributed by atoms with Crippen LogP contribution in [0.15, 0.2) is 18.7 Å². The third kappa shape index (κ3) is 2.58. The van der Waals surface area contributed by atoms with E-state index in [1.54, 1.807) is 0 Å². The van der Waals surface area contributed by atoms with Gasteiger partial charge >= 0.3 is 6.18 Å². The van der Waals surface area contributed by atoms with Gasteiger partial charge in [-0.05, 0) is 18.6 Å². The van der Waals surface area contributed by atoms with Gasteiger partial charge in [-0.2, -0.15) is 13.2 Å². The van der Waals surface area contributed by atoms with E-state index in [-0.39, 0.29) is 11.1 Å². The molecular formula is C16H16F5NO2. The van der Waals surface area contributed by atoms with Crippen molar-refractivity contribution < 1.29 is 31.5 Å². The van der Waals surface area contributed by atoms with Crippen molar-refractivity contribution in [3.05, 3.63) is 41.5 Å². The minimum Gasteiger partial charge on any atom is -0.367 e. The molecule has 1 amide bonds. The molecule has 0 aliphatic carbocycles. The molecule has 2 rings (SSSR count). The maximum Gasteiger partial charge on any atom is 0.417 e. The number of hydrogen-bond acceptors (Lipinski definition) is 2. The molecule has 0 spiro atoms. The van der Waals surface area contributed by atoms with Crippen LogP contribution in [-0.4, -0.2) is 23.8 Å². The van der Waals surface area contributed by atoms with Crippen molar-refractivity contribution in [1.82, 2.24) is 0 Å². The Morgan fingerprint density at radius 1 is 1.38 bits per heavy atom. The average Bonchev–Trinajstić information content (AvgIpc) is 2.75. The Bertz CT molecular complexity index is 688. The molecule has 4 unspecified atom stereocenters. The van der Waals surface area contributed by atoms with Crippen LogP contribution in [0.3, 0.4) is 0 Å². The van der Waals surface area contributed by atoms with E-state index >= 15 is 0 Å². The molecule has 1 saturated heterocycles. The Kier molecular flexibility index (Phi) is 4.47. The lowest BCUT2D eigenvalue weighted by Crippen LogP contribution is -2.47. The lowest BCUT2D eigenvalue weighted by molar-refractivity contribution is -0.272. The Labute approximate surface area is 135 Å². The van der Waals surface area contributed by atoms with Gasteiger partial charge in [0, 0.05) is 17.4 Å². The van der Waals surface area contributed by atoms with Crippen molar-refractivity contribution in [2.45, 2.75) is 37.6 Å². The highest BCUT2D eigenvalue weighted by Crippen LogP contribution is 2.53.